The molecule has 0 radical (unpaired) electrons. The van der Waals surface area contributed by atoms with Crippen molar-refractivity contribution in [3.8, 4) is 5.75 Å². The number of nitrogens with two attached hydrogens (primary N) is 1. The highest BCUT2D eigenvalue weighted by molar-refractivity contribution is 7.88. The second-order valence-electron chi connectivity index (χ2n) is 5.81. The van der Waals surface area contributed by atoms with Gasteiger partial charge in [-0.3, -0.25) is 0 Å². The van der Waals surface area contributed by atoms with Crippen LogP contribution in [0, 0.1) is 0 Å². The molecule has 6 nitrogen and oxygen atoms in total. The van der Waals surface area contributed by atoms with E-state index in [1.54, 1.807) is 12.4 Å². The molecule has 7 heteroatoms. The number of rotatable bonds is 3. The number of hydrogen-bond donors (Lipinski definition) is 2. The second-order valence-corrected chi connectivity index (χ2v) is 7.43. The molecule has 0 spiro atoms. The fourth-order valence-corrected chi connectivity index (χ4v) is 4.06. The van der Waals surface area contributed by atoms with E-state index in [4.69, 9.17) is 5.14 Å². The number of hydrogen-bond acceptors (Lipinski definition) is 4. The number of benzene rings is 1. The summed E-state index contributed by atoms with van der Waals surface area (Å²) in [7, 11) is -1.74. The maximum atomic E-state index is 11.5. The van der Waals surface area contributed by atoms with E-state index in [9.17, 15) is 13.5 Å². The van der Waals surface area contributed by atoms with Crippen molar-refractivity contribution in [3.63, 3.8) is 0 Å². The average Bonchev–Trinajstić information content (AvgIpc) is 2.86. The van der Waals surface area contributed by atoms with Crippen LogP contribution in [0.3, 0.4) is 0 Å². The Balaban J connectivity index is 2.13. The Hall–Kier alpha value is -1.86. The number of nitrogens with zero attached hydrogens (tertiary/aromatic N) is 2. The van der Waals surface area contributed by atoms with Crippen LogP contribution in [0.2, 0.25) is 0 Å². The van der Waals surface area contributed by atoms with E-state index in [0.29, 0.717) is 5.56 Å². The molecule has 1 heterocycles. The second kappa shape index (κ2) is 5.40. The van der Waals surface area contributed by atoms with Crippen LogP contribution < -0.4 is 5.14 Å². The number of aromatic nitrogens is 2. The summed E-state index contributed by atoms with van der Waals surface area (Å²) in [4.78, 5) is 4.17. The van der Waals surface area contributed by atoms with Gasteiger partial charge in [-0.15, -0.1) is 0 Å². The minimum absolute atomic E-state index is 0.00145. The normalized spacial score (nSPS) is 18.2. The van der Waals surface area contributed by atoms with Gasteiger partial charge in [-0.25, -0.2) is 18.5 Å². The van der Waals surface area contributed by atoms with Crippen LogP contribution in [0.5, 0.6) is 5.75 Å². The van der Waals surface area contributed by atoms with Crippen LogP contribution in [0.1, 0.15) is 41.1 Å². The van der Waals surface area contributed by atoms with Crippen molar-refractivity contribution < 1.29 is 13.5 Å². The Labute approximate surface area is 129 Å². The minimum Gasteiger partial charge on any atom is -0.508 e. The molecule has 3 rings (SSSR count). The van der Waals surface area contributed by atoms with Gasteiger partial charge in [-0.1, -0.05) is 6.07 Å². The smallest absolute Gasteiger partial charge is 0.213 e. The van der Waals surface area contributed by atoms with Gasteiger partial charge in [0.25, 0.3) is 0 Å². The van der Waals surface area contributed by atoms with Crippen LogP contribution in [-0.4, -0.2) is 23.1 Å². The predicted octanol–water partition coefficient (Wildman–Crippen LogP) is 1.38. The zero-order valence-electron chi connectivity index (χ0n) is 12.4. The molecule has 0 saturated heterocycles. The number of imidazole rings is 1. The van der Waals surface area contributed by atoms with E-state index in [-0.39, 0.29) is 17.4 Å². The highest BCUT2D eigenvalue weighted by atomic mass is 32.2. The molecule has 0 aliphatic heterocycles. The van der Waals surface area contributed by atoms with Gasteiger partial charge in [0.1, 0.15) is 5.75 Å². The molecule has 118 valence electrons. The fraction of sp³-hybridized carbons (Fsp3) is 0.400. The van der Waals surface area contributed by atoms with E-state index < -0.39 is 10.0 Å². The lowest BCUT2D eigenvalue weighted by molar-refractivity contribution is 0.465. The molecule has 1 atom stereocenters. The number of phenols is 1. The van der Waals surface area contributed by atoms with Gasteiger partial charge in [0.2, 0.25) is 10.0 Å². The summed E-state index contributed by atoms with van der Waals surface area (Å²) in [5.41, 5.74) is 3.50. The highest BCUT2D eigenvalue weighted by Gasteiger charge is 2.27. The Kier molecular flexibility index (Phi) is 3.70. The van der Waals surface area contributed by atoms with Gasteiger partial charge >= 0.3 is 0 Å². The first-order valence-corrected chi connectivity index (χ1v) is 8.88. The predicted molar refractivity (Wildman–Crippen MR) is 82.9 cm³/mol. The van der Waals surface area contributed by atoms with Gasteiger partial charge < -0.3 is 9.67 Å². The summed E-state index contributed by atoms with van der Waals surface area (Å²) in [5, 5.41) is 15.2. The lowest BCUT2D eigenvalue weighted by Gasteiger charge is -2.28. The molecule has 1 aromatic carbocycles. The van der Waals surface area contributed by atoms with Crippen molar-refractivity contribution in [1.82, 2.24) is 9.55 Å². The van der Waals surface area contributed by atoms with Crippen molar-refractivity contribution in [2.24, 2.45) is 12.2 Å². The molecule has 0 fully saturated rings. The molecule has 0 saturated carbocycles. The van der Waals surface area contributed by atoms with Crippen molar-refractivity contribution in [1.29, 1.82) is 0 Å². The Bertz CT molecular complexity index is 811. The fourth-order valence-electron chi connectivity index (χ4n) is 3.33. The number of phenolic OH excluding ortho intramolecular Hbond substituents is 1. The Morgan fingerprint density at radius 1 is 1.45 bits per heavy atom. The molecule has 1 unspecified atom stereocenters. The van der Waals surface area contributed by atoms with E-state index >= 15 is 0 Å². The Morgan fingerprint density at radius 2 is 2.23 bits per heavy atom. The summed E-state index contributed by atoms with van der Waals surface area (Å²) in [6, 6.07) is 3.45. The first kappa shape index (κ1) is 15.1. The summed E-state index contributed by atoms with van der Waals surface area (Å²) >= 11 is 0. The van der Waals surface area contributed by atoms with E-state index in [1.165, 1.54) is 0 Å². The third kappa shape index (κ3) is 2.74. The third-order valence-electron chi connectivity index (χ3n) is 4.29. The zero-order valence-corrected chi connectivity index (χ0v) is 13.2. The first-order valence-electron chi connectivity index (χ1n) is 7.17. The molecular weight excluding hydrogens is 302 g/mol. The largest absolute Gasteiger partial charge is 0.508 e. The van der Waals surface area contributed by atoms with Crippen molar-refractivity contribution >= 4 is 10.0 Å². The van der Waals surface area contributed by atoms with Gasteiger partial charge in [0, 0.05) is 30.4 Å². The van der Waals surface area contributed by atoms with Crippen molar-refractivity contribution in [2.75, 3.05) is 0 Å². The maximum absolute atomic E-state index is 11.5. The monoisotopic (exact) mass is 321 g/mol. The highest BCUT2D eigenvalue weighted by Crippen LogP contribution is 2.40. The molecule has 3 N–H and O–H groups in total. The summed E-state index contributed by atoms with van der Waals surface area (Å²) in [6.07, 6.45) is 6.26. The van der Waals surface area contributed by atoms with Gasteiger partial charge in [-0.05, 0) is 36.5 Å². The van der Waals surface area contributed by atoms with Crippen LogP contribution >= 0.6 is 0 Å². The van der Waals surface area contributed by atoms with E-state index in [1.807, 2.05) is 23.9 Å². The van der Waals surface area contributed by atoms with E-state index in [2.05, 4.69) is 4.98 Å². The van der Waals surface area contributed by atoms with Crippen LogP contribution in [0.15, 0.2) is 24.7 Å². The first-order chi connectivity index (χ1) is 10.4. The standard InChI is InChI=1S/C15H19N3O3S/c1-18-9-17-7-14(18)12-4-2-3-10-11(12)5-6-15(19)13(10)8-22(16,20)21/h5-7,9,12,19H,2-4,8H2,1H3,(H2,16,20,21). The van der Waals surface area contributed by atoms with Crippen molar-refractivity contribution in [2.45, 2.75) is 30.9 Å². The third-order valence-corrected chi connectivity index (χ3v) is 4.99. The van der Waals surface area contributed by atoms with Crippen molar-refractivity contribution in [3.05, 3.63) is 47.0 Å². The van der Waals surface area contributed by atoms with Gasteiger partial charge in [-0.2, -0.15) is 0 Å². The van der Waals surface area contributed by atoms with Crippen LogP contribution in [-0.2, 0) is 29.2 Å². The number of primary sulfonamides is 1. The summed E-state index contributed by atoms with van der Waals surface area (Å²) in [6.45, 7) is 0. The molecule has 0 bridgehead atoms. The van der Waals surface area contributed by atoms with Crippen LogP contribution in [0.4, 0.5) is 0 Å². The SMILES string of the molecule is Cn1cncc1C1CCCc2c1ccc(O)c2CS(N)(=O)=O. The molecule has 22 heavy (non-hydrogen) atoms. The zero-order chi connectivity index (χ0) is 15.9. The van der Waals surface area contributed by atoms with Crippen LogP contribution in [0.25, 0.3) is 0 Å². The van der Waals surface area contributed by atoms with Gasteiger partial charge in [0.15, 0.2) is 0 Å². The van der Waals surface area contributed by atoms with E-state index in [0.717, 1.165) is 36.1 Å². The lowest BCUT2D eigenvalue weighted by atomic mass is 9.79. The summed E-state index contributed by atoms with van der Waals surface area (Å²) in [5.74, 6) is -0.172. The molecule has 1 aliphatic rings. The molecule has 2 aromatic rings. The van der Waals surface area contributed by atoms with Gasteiger partial charge in [0.05, 0.1) is 12.1 Å². The molecular formula is C15H19N3O3S. The summed E-state index contributed by atoms with van der Waals surface area (Å²) < 4.78 is 24.9. The number of sulfonamides is 1. The topological polar surface area (TPSA) is 98.2 Å². The number of fused-ring (bicyclic) bond motifs is 1. The minimum atomic E-state index is -3.69. The number of aromatic hydroxyl groups is 1. The lowest BCUT2D eigenvalue weighted by Crippen LogP contribution is -2.19. The number of aryl methyl sites for hydroxylation is 1. The molecule has 1 aliphatic carbocycles. The average molecular weight is 321 g/mol. The Morgan fingerprint density at radius 3 is 2.86 bits per heavy atom. The molecule has 1 aromatic heterocycles. The quantitative estimate of drug-likeness (QED) is 0.892. The maximum Gasteiger partial charge on any atom is 0.213 e. The molecule has 0 amide bonds.